The Bertz CT molecular complexity index is 1280. The average molecular weight is 507 g/mol. The van der Waals surface area contributed by atoms with E-state index in [4.69, 9.17) is 4.74 Å². The number of hydrogen-bond acceptors (Lipinski definition) is 5. The van der Waals surface area contributed by atoms with Gasteiger partial charge in [0.15, 0.2) is 5.69 Å². The van der Waals surface area contributed by atoms with E-state index < -0.39 is 39.7 Å². The topological polar surface area (TPSA) is 90.3 Å². The van der Waals surface area contributed by atoms with Gasteiger partial charge in [0.1, 0.15) is 5.69 Å². The third-order valence-electron chi connectivity index (χ3n) is 4.33. The number of rotatable bonds is 6. The summed E-state index contributed by atoms with van der Waals surface area (Å²) in [5.74, 6) is -0.638. The Labute approximate surface area is 189 Å². The summed E-state index contributed by atoms with van der Waals surface area (Å²) in [6, 6.07) is 8.76. The number of carbonyl (C=O) groups excluding carboxylic acids is 1. The van der Waals surface area contributed by atoms with Gasteiger partial charge >= 0.3 is 18.3 Å². The molecule has 1 N–H and O–H groups in total. The van der Waals surface area contributed by atoms with Gasteiger partial charge in [-0.2, -0.15) is 31.4 Å². The number of carbonyl (C=O) groups is 1. The highest BCUT2D eigenvalue weighted by molar-refractivity contribution is 7.92. The lowest BCUT2D eigenvalue weighted by molar-refractivity contribution is -0.143. The minimum absolute atomic E-state index is 0.0741. The zero-order chi connectivity index (χ0) is 25.3. The van der Waals surface area contributed by atoms with Crippen LogP contribution in [0.5, 0.6) is 0 Å². The first-order chi connectivity index (χ1) is 15.7. The normalized spacial score (nSPS) is 12.4. The number of aromatic nitrogens is 2. The molecule has 3 rings (SSSR count). The molecule has 0 saturated heterocycles. The molecule has 0 aliphatic heterocycles. The van der Waals surface area contributed by atoms with Crippen LogP contribution >= 0.6 is 0 Å². The number of anilines is 1. The highest BCUT2D eigenvalue weighted by atomic mass is 32.2. The first-order valence-electron chi connectivity index (χ1n) is 9.37. The smallest absolute Gasteiger partial charge is 0.435 e. The van der Waals surface area contributed by atoms with E-state index in [1.165, 1.54) is 12.1 Å². The van der Waals surface area contributed by atoms with Gasteiger partial charge in [-0.1, -0.05) is 0 Å². The van der Waals surface area contributed by atoms with Gasteiger partial charge in [-0.3, -0.25) is 4.72 Å². The molecule has 0 fully saturated rings. The van der Waals surface area contributed by atoms with Crippen LogP contribution in [0.3, 0.4) is 0 Å². The fourth-order valence-corrected chi connectivity index (χ4v) is 3.85. The van der Waals surface area contributed by atoms with Crippen molar-refractivity contribution in [2.75, 3.05) is 11.3 Å². The van der Waals surface area contributed by atoms with Gasteiger partial charge < -0.3 is 4.74 Å². The molecule has 0 atom stereocenters. The van der Waals surface area contributed by atoms with Gasteiger partial charge in [-0.15, -0.1) is 0 Å². The van der Waals surface area contributed by atoms with Crippen LogP contribution in [0.25, 0.3) is 5.69 Å². The van der Waals surface area contributed by atoms with E-state index in [-0.39, 0.29) is 39.2 Å². The predicted molar refractivity (Wildman–Crippen MR) is 107 cm³/mol. The first kappa shape index (κ1) is 25.1. The first-order valence-corrected chi connectivity index (χ1v) is 10.9. The maximum absolute atomic E-state index is 13.2. The van der Waals surface area contributed by atoms with E-state index in [0.717, 1.165) is 36.4 Å². The number of nitrogens with one attached hydrogen (secondary N) is 1. The largest absolute Gasteiger partial charge is 0.462 e. The molecule has 1 aromatic heterocycles. The molecular formula is C20H15F6N3O4S. The lowest BCUT2D eigenvalue weighted by Crippen LogP contribution is -2.14. The maximum atomic E-state index is 13.2. The Morgan fingerprint density at radius 1 is 0.971 bits per heavy atom. The van der Waals surface area contributed by atoms with Crippen LogP contribution in [0.1, 0.15) is 28.7 Å². The summed E-state index contributed by atoms with van der Waals surface area (Å²) in [6.45, 7) is 1.74. The van der Waals surface area contributed by atoms with Gasteiger partial charge in [-0.05, 0) is 55.5 Å². The maximum Gasteiger partial charge on any atom is 0.435 e. The van der Waals surface area contributed by atoms with Crippen LogP contribution in [0.2, 0.25) is 0 Å². The Balaban J connectivity index is 1.85. The molecule has 14 heteroatoms. The van der Waals surface area contributed by atoms with E-state index in [0.29, 0.717) is 0 Å². The molecule has 7 nitrogen and oxygen atoms in total. The Morgan fingerprint density at radius 3 is 2.06 bits per heavy atom. The summed E-state index contributed by atoms with van der Waals surface area (Å²) in [7, 11) is -4.15. The molecule has 0 aliphatic rings. The molecule has 3 aromatic rings. The third kappa shape index (κ3) is 5.50. The van der Waals surface area contributed by atoms with Crippen molar-refractivity contribution in [1.82, 2.24) is 9.78 Å². The average Bonchev–Trinajstić information content (AvgIpc) is 3.21. The van der Waals surface area contributed by atoms with Crippen LogP contribution < -0.4 is 4.72 Å². The second-order valence-electron chi connectivity index (χ2n) is 6.72. The summed E-state index contributed by atoms with van der Waals surface area (Å²) in [6.07, 6.45) is -10.2. The minimum atomic E-state index is -5.12. The quantitative estimate of drug-likeness (QED) is 0.379. The van der Waals surface area contributed by atoms with E-state index in [1.807, 2.05) is 0 Å². The second kappa shape index (κ2) is 9.00. The third-order valence-corrected chi connectivity index (χ3v) is 5.73. The highest BCUT2D eigenvalue weighted by Crippen LogP contribution is 2.36. The highest BCUT2D eigenvalue weighted by Gasteiger charge is 2.42. The molecule has 0 unspecified atom stereocenters. The van der Waals surface area contributed by atoms with Gasteiger partial charge in [0.05, 0.1) is 22.8 Å². The Hall–Kier alpha value is -3.55. The SMILES string of the molecule is CCOC(=O)c1ccc(S(=O)(=O)Nc2ccc(-n3nc(C(F)(F)F)cc3C(F)(F)F)cc2)cc1. The van der Waals surface area contributed by atoms with Gasteiger partial charge in [-0.25, -0.2) is 17.9 Å². The molecule has 0 saturated carbocycles. The fraction of sp³-hybridized carbons (Fsp3) is 0.200. The Kier molecular flexibility index (Phi) is 6.64. The summed E-state index contributed by atoms with van der Waals surface area (Å²) < 4.78 is 110. The van der Waals surface area contributed by atoms with Crippen molar-refractivity contribution >= 4 is 21.7 Å². The number of esters is 1. The van der Waals surface area contributed by atoms with Crippen LogP contribution in [0.15, 0.2) is 59.5 Å². The molecule has 0 bridgehead atoms. The minimum Gasteiger partial charge on any atom is -0.462 e. The van der Waals surface area contributed by atoms with Crippen molar-refractivity contribution in [3.63, 3.8) is 0 Å². The Morgan fingerprint density at radius 2 is 1.56 bits per heavy atom. The van der Waals surface area contributed by atoms with Gasteiger partial charge in [0.2, 0.25) is 0 Å². The van der Waals surface area contributed by atoms with Crippen molar-refractivity contribution < 1.29 is 44.3 Å². The summed E-state index contributed by atoms with van der Waals surface area (Å²) in [5, 5.41) is 3.00. The molecule has 1 heterocycles. The van der Waals surface area contributed by atoms with Crippen LogP contribution in [0, 0.1) is 0 Å². The number of sulfonamides is 1. The monoisotopic (exact) mass is 507 g/mol. The zero-order valence-corrected chi connectivity index (χ0v) is 17.9. The molecule has 34 heavy (non-hydrogen) atoms. The molecule has 0 radical (unpaired) electrons. The van der Waals surface area contributed by atoms with Crippen molar-refractivity contribution in [3.8, 4) is 5.69 Å². The molecule has 0 amide bonds. The summed E-state index contributed by atoms with van der Waals surface area (Å²) >= 11 is 0. The molecule has 0 spiro atoms. The lowest BCUT2D eigenvalue weighted by Gasteiger charge is -2.12. The van der Waals surface area contributed by atoms with E-state index in [2.05, 4.69) is 9.82 Å². The molecule has 0 aliphatic carbocycles. The van der Waals surface area contributed by atoms with E-state index in [1.54, 1.807) is 6.92 Å². The van der Waals surface area contributed by atoms with E-state index >= 15 is 0 Å². The second-order valence-corrected chi connectivity index (χ2v) is 8.40. The molecule has 2 aromatic carbocycles. The van der Waals surface area contributed by atoms with Crippen molar-refractivity contribution in [1.29, 1.82) is 0 Å². The van der Waals surface area contributed by atoms with Crippen molar-refractivity contribution in [2.45, 2.75) is 24.2 Å². The summed E-state index contributed by atoms with van der Waals surface area (Å²) in [4.78, 5) is 11.4. The van der Waals surface area contributed by atoms with Gasteiger partial charge in [0, 0.05) is 11.8 Å². The van der Waals surface area contributed by atoms with E-state index in [9.17, 15) is 39.6 Å². The summed E-state index contributed by atoms with van der Waals surface area (Å²) in [5.41, 5.74) is -3.69. The van der Waals surface area contributed by atoms with Gasteiger partial charge in [0.25, 0.3) is 10.0 Å². The standard InChI is InChI=1S/C20H15F6N3O4S/c1-2-33-18(30)12-3-9-15(10-4-12)34(31,32)28-13-5-7-14(8-6-13)29-17(20(24,25)26)11-16(27-29)19(21,22)23/h3-11,28H,2H2,1H3. The number of benzene rings is 2. The number of alkyl halides is 6. The van der Waals surface area contributed by atoms with Crippen molar-refractivity contribution in [3.05, 3.63) is 71.5 Å². The number of hydrogen-bond donors (Lipinski definition) is 1. The van der Waals surface area contributed by atoms with Crippen LogP contribution in [-0.4, -0.2) is 30.8 Å². The van der Waals surface area contributed by atoms with Crippen LogP contribution in [0.4, 0.5) is 32.0 Å². The number of halogens is 6. The fourth-order valence-electron chi connectivity index (χ4n) is 2.79. The predicted octanol–water partition coefficient (Wildman–Crippen LogP) is 4.89. The molecular weight excluding hydrogens is 492 g/mol. The van der Waals surface area contributed by atoms with Crippen molar-refractivity contribution in [2.24, 2.45) is 0 Å². The van der Waals surface area contributed by atoms with Crippen LogP contribution in [-0.2, 0) is 27.1 Å². The molecule has 182 valence electrons. The number of ether oxygens (including phenoxy) is 1. The lowest BCUT2D eigenvalue weighted by atomic mass is 10.2. The zero-order valence-electron chi connectivity index (χ0n) is 17.1. The number of nitrogens with zero attached hydrogens (tertiary/aromatic N) is 2.